The molecule has 0 aromatic heterocycles. The Morgan fingerprint density at radius 3 is 1.32 bits per heavy atom. The van der Waals surface area contributed by atoms with Crippen molar-refractivity contribution < 1.29 is 70.6 Å². The van der Waals surface area contributed by atoms with E-state index in [0.717, 1.165) is 0 Å². The lowest BCUT2D eigenvalue weighted by Crippen LogP contribution is -2.71. The Balaban J connectivity index is 6.18. The summed E-state index contributed by atoms with van der Waals surface area (Å²) in [6.45, 7) is -2.72. The van der Waals surface area contributed by atoms with Crippen LogP contribution in [0.2, 0.25) is 0 Å². The number of halogens is 15. The van der Waals surface area contributed by atoms with Crippen LogP contribution in [0.15, 0.2) is 0 Å². The summed E-state index contributed by atoms with van der Waals surface area (Å²) < 4.78 is 189. The smallest absolute Gasteiger partial charge is 0.336 e. The monoisotopic (exact) mass is 414 g/mol. The van der Waals surface area contributed by atoms with Gasteiger partial charge in [-0.3, -0.25) is 0 Å². The van der Waals surface area contributed by atoms with Gasteiger partial charge in [0.2, 0.25) is 0 Å². The molecule has 0 rings (SSSR count). The molecule has 0 radical (unpaired) electrons. The molecule has 0 spiro atoms. The quantitative estimate of drug-likeness (QED) is 0.511. The lowest BCUT2D eigenvalue weighted by Gasteiger charge is -2.41. The van der Waals surface area contributed by atoms with Crippen molar-refractivity contribution in [1.82, 2.24) is 0 Å². The van der Waals surface area contributed by atoms with E-state index in [1.54, 1.807) is 0 Å². The highest BCUT2D eigenvalue weighted by Crippen LogP contribution is 2.58. The Kier molecular flexibility index (Phi) is 6.28. The molecular formula is C9H5F15O. The van der Waals surface area contributed by atoms with Crippen LogP contribution in [0, 0.1) is 0 Å². The van der Waals surface area contributed by atoms with Gasteiger partial charge in [-0.25, -0.2) is 8.78 Å². The normalized spacial score (nSPS) is 17.8. The van der Waals surface area contributed by atoms with E-state index < -0.39 is 55.4 Å². The van der Waals surface area contributed by atoms with E-state index in [0.29, 0.717) is 0 Å². The minimum Gasteiger partial charge on any atom is -0.336 e. The molecule has 1 atom stereocenters. The Labute approximate surface area is 127 Å². The van der Waals surface area contributed by atoms with Gasteiger partial charge in [-0.15, -0.1) is 0 Å². The minimum atomic E-state index is -7.58. The molecular weight excluding hydrogens is 409 g/mol. The van der Waals surface area contributed by atoms with Crippen molar-refractivity contribution in [3.05, 3.63) is 0 Å². The molecule has 152 valence electrons. The van der Waals surface area contributed by atoms with E-state index in [-0.39, 0.29) is 0 Å². The molecule has 0 saturated heterocycles. The van der Waals surface area contributed by atoms with Gasteiger partial charge >= 0.3 is 42.4 Å². The van der Waals surface area contributed by atoms with Crippen LogP contribution in [0.25, 0.3) is 0 Å². The van der Waals surface area contributed by atoms with Crippen LogP contribution in [0.4, 0.5) is 65.9 Å². The lowest BCUT2D eigenvalue weighted by atomic mass is 9.96. The van der Waals surface area contributed by atoms with Crippen molar-refractivity contribution >= 4 is 0 Å². The summed E-state index contributed by atoms with van der Waals surface area (Å²) in [4.78, 5) is 0. The predicted octanol–water partition coefficient (Wildman–Crippen LogP) is 5.35. The SMILES string of the molecule is FC(F)C(F)(F)C(F)(F)C(F)(OCCC(F)(F)F)C(F)(F)C(F)(F)F. The molecule has 0 aliphatic carbocycles. The van der Waals surface area contributed by atoms with Gasteiger partial charge in [-0.05, 0) is 0 Å². The second-order valence-electron chi connectivity index (χ2n) is 4.38. The molecule has 0 fully saturated rings. The van der Waals surface area contributed by atoms with Crippen molar-refractivity contribution in [3.63, 3.8) is 0 Å². The Bertz CT molecular complexity index is 449. The van der Waals surface area contributed by atoms with Gasteiger partial charge in [-0.1, -0.05) is 0 Å². The zero-order valence-corrected chi connectivity index (χ0v) is 11.1. The summed E-state index contributed by atoms with van der Waals surface area (Å²) in [6, 6.07) is 0. The molecule has 1 nitrogen and oxygen atoms in total. The lowest BCUT2D eigenvalue weighted by molar-refractivity contribution is -0.460. The fourth-order valence-corrected chi connectivity index (χ4v) is 1.22. The number of alkyl halides is 15. The van der Waals surface area contributed by atoms with Crippen LogP contribution in [0.3, 0.4) is 0 Å². The summed E-state index contributed by atoms with van der Waals surface area (Å²) in [5, 5.41) is 0. The summed E-state index contributed by atoms with van der Waals surface area (Å²) in [6.07, 6.45) is -21.2. The highest BCUT2D eigenvalue weighted by Gasteiger charge is 2.88. The zero-order chi connectivity index (χ0) is 20.7. The summed E-state index contributed by atoms with van der Waals surface area (Å²) in [5.74, 6) is -29.6. The highest BCUT2D eigenvalue weighted by molar-refractivity contribution is 5.07. The number of hydrogen-bond donors (Lipinski definition) is 0. The standard InChI is InChI=1S/C9H5F15O/c10-3(11)5(15,16)6(17,18)8(21,7(19,20)9(22,23)24)25-2-1-4(12,13)14/h3H,1-2H2. The van der Waals surface area contributed by atoms with Gasteiger partial charge < -0.3 is 4.74 Å². The van der Waals surface area contributed by atoms with E-state index in [1.165, 1.54) is 0 Å². The first-order chi connectivity index (χ1) is 10.7. The number of hydrogen-bond acceptors (Lipinski definition) is 1. The maximum absolute atomic E-state index is 13.7. The average Bonchev–Trinajstić information content (AvgIpc) is 2.34. The largest absolute Gasteiger partial charge is 0.459 e. The fraction of sp³-hybridized carbons (Fsp3) is 1.00. The third-order valence-corrected chi connectivity index (χ3v) is 2.54. The van der Waals surface area contributed by atoms with Crippen LogP contribution in [-0.4, -0.2) is 49.0 Å². The predicted molar refractivity (Wildman–Crippen MR) is 47.4 cm³/mol. The first-order valence-corrected chi connectivity index (χ1v) is 5.53. The molecule has 0 aromatic rings. The minimum absolute atomic E-state index is 2.48. The van der Waals surface area contributed by atoms with Gasteiger partial charge in [0.05, 0.1) is 13.0 Å². The molecule has 0 aliphatic rings. The molecule has 0 heterocycles. The Morgan fingerprint density at radius 1 is 0.640 bits per heavy atom. The van der Waals surface area contributed by atoms with E-state index in [1.807, 2.05) is 0 Å². The number of rotatable bonds is 7. The third-order valence-electron chi connectivity index (χ3n) is 2.54. The zero-order valence-electron chi connectivity index (χ0n) is 11.1. The summed E-state index contributed by atoms with van der Waals surface area (Å²) in [7, 11) is 0. The van der Waals surface area contributed by atoms with Gasteiger partial charge in [-0.2, -0.15) is 57.1 Å². The maximum atomic E-state index is 13.7. The second-order valence-corrected chi connectivity index (χ2v) is 4.38. The van der Waals surface area contributed by atoms with Crippen molar-refractivity contribution in [3.8, 4) is 0 Å². The van der Waals surface area contributed by atoms with Crippen LogP contribution in [0.5, 0.6) is 0 Å². The van der Waals surface area contributed by atoms with Crippen molar-refractivity contribution in [2.45, 2.75) is 48.8 Å². The molecule has 0 bridgehead atoms. The molecule has 0 aliphatic heterocycles. The topological polar surface area (TPSA) is 9.23 Å². The van der Waals surface area contributed by atoms with Crippen LogP contribution in [-0.2, 0) is 4.74 Å². The molecule has 0 aromatic carbocycles. The van der Waals surface area contributed by atoms with Crippen LogP contribution >= 0.6 is 0 Å². The summed E-state index contributed by atoms with van der Waals surface area (Å²) >= 11 is 0. The van der Waals surface area contributed by atoms with Crippen LogP contribution < -0.4 is 0 Å². The highest BCUT2D eigenvalue weighted by atomic mass is 19.4. The molecule has 25 heavy (non-hydrogen) atoms. The van der Waals surface area contributed by atoms with E-state index >= 15 is 0 Å². The Morgan fingerprint density at radius 2 is 1.04 bits per heavy atom. The Hall–Kier alpha value is -1.09. The average molecular weight is 414 g/mol. The fourth-order valence-electron chi connectivity index (χ4n) is 1.22. The summed E-state index contributed by atoms with van der Waals surface area (Å²) in [5.41, 5.74) is 0. The van der Waals surface area contributed by atoms with Crippen molar-refractivity contribution in [2.75, 3.05) is 6.61 Å². The molecule has 0 N–H and O–H groups in total. The van der Waals surface area contributed by atoms with Crippen LogP contribution in [0.1, 0.15) is 6.42 Å². The van der Waals surface area contributed by atoms with Gasteiger partial charge in [0, 0.05) is 0 Å². The molecule has 16 heteroatoms. The molecule has 0 amide bonds. The van der Waals surface area contributed by atoms with Crippen molar-refractivity contribution in [1.29, 1.82) is 0 Å². The molecule has 1 unspecified atom stereocenters. The van der Waals surface area contributed by atoms with Crippen molar-refractivity contribution in [2.24, 2.45) is 0 Å². The van der Waals surface area contributed by atoms with E-state index in [4.69, 9.17) is 0 Å². The van der Waals surface area contributed by atoms with E-state index in [9.17, 15) is 65.9 Å². The second kappa shape index (κ2) is 6.57. The van der Waals surface area contributed by atoms with Gasteiger partial charge in [0.1, 0.15) is 0 Å². The third kappa shape index (κ3) is 4.19. The first-order valence-electron chi connectivity index (χ1n) is 5.53. The van der Waals surface area contributed by atoms with Gasteiger partial charge in [0.15, 0.2) is 0 Å². The first kappa shape index (κ1) is 23.9. The maximum Gasteiger partial charge on any atom is 0.459 e. The van der Waals surface area contributed by atoms with E-state index in [2.05, 4.69) is 4.74 Å². The molecule has 0 saturated carbocycles. The number of ether oxygens (including phenoxy) is 1. The van der Waals surface area contributed by atoms with Gasteiger partial charge in [0.25, 0.3) is 0 Å².